The van der Waals surface area contributed by atoms with Gasteiger partial charge in [-0.15, -0.1) is 0 Å². The second-order valence-electron chi connectivity index (χ2n) is 4.54. The molecule has 1 heterocycles. The molecule has 1 saturated carbocycles. The summed E-state index contributed by atoms with van der Waals surface area (Å²) < 4.78 is 13.0. The van der Waals surface area contributed by atoms with Crippen LogP contribution in [0.4, 0.5) is 4.39 Å². The molecule has 1 fully saturated rings. The van der Waals surface area contributed by atoms with Crippen LogP contribution in [-0.2, 0) is 0 Å². The molecule has 88 valence electrons. The number of nitrogens with zero attached hydrogens (tertiary/aromatic N) is 1. The van der Waals surface area contributed by atoms with Crippen molar-refractivity contribution in [2.75, 3.05) is 0 Å². The van der Waals surface area contributed by atoms with Crippen molar-refractivity contribution in [3.63, 3.8) is 0 Å². The van der Waals surface area contributed by atoms with Gasteiger partial charge in [0.2, 0.25) is 0 Å². The lowest BCUT2D eigenvalue weighted by Crippen LogP contribution is -1.84. The second kappa shape index (κ2) is 3.58. The Morgan fingerprint density at radius 2 is 2.18 bits per heavy atom. The highest BCUT2D eigenvalue weighted by Gasteiger charge is 2.27. The van der Waals surface area contributed by atoms with E-state index in [-0.39, 0.29) is 5.75 Å². The van der Waals surface area contributed by atoms with Gasteiger partial charge in [0, 0.05) is 17.2 Å². The van der Waals surface area contributed by atoms with Gasteiger partial charge >= 0.3 is 0 Å². The Hall–Kier alpha value is -1.84. The third-order valence-corrected chi connectivity index (χ3v) is 3.09. The number of H-pyrrole nitrogens is 1. The van der Waals surface area contributed by atoms with E-state index >= 15 is 0 Å². The molecule has 4 heteroatoms. The summed E-state index contributed by atoms with van der Waals surface area (Å²) in [4.78, 5) is 7.78. The number of hydrogen-bond acceptors (Lipinski definition) is 2. The van der Waals surface area contributed by atoms with Crippen LogP contribution < -0.4 is 0 Å². The molecule has 3 nitrogen and oxygen atoms in total. The minimum absolute atomic E-state index is 0.335. The van der Waals surface area contributed by atoms with E-state index in [9.17, 15) is 9.50 Å². The molecule has 0 bridgehead atoms. The molecule has 0 atom stereocenters. The third kappa shape index (κ3) is 1.79. The van der Waals surface area contributed by atoms with E-state index in [1.165, 1.54) is 25.0 Å². The first-order valence-electron chi connectivity index (χ1n) is 5.70. The Morgan fingerprint density at radius 1 is 1.41 bits per heavy atom. The molecule has 0 saturated heterocycles. The van der Waals surface area contributed by atoms with Crippen molar-refractivity contribution in [1.82, 2.24) is 9.97 Å². The van der Waals surface area contributed by atoms with Crippen molar-refractivity contribution >= 4 is 0 Å². The predicted octanol–water partition coefficient (Wildman–Crippen LogP) is 3.11. The Balaban J connectivity index is 2.04. The highest BCUT2D eigenvalue weighted by Crippen LogP contribution is 2.39. The van der Waals surface area contributed by atoms with Gasteiger partial charge in [0.1, 0.15) is 5.82 Å². The summed E-state index contributed by atoms with van der Waals surface area (Å²) in [5, 5.41) is 9.37. The van der Waals surface area contributed by atoms with Crippen molar-refractivity contribution in [3.8, 4) is 17.0 Å². The average Bonchev–Trinajstić information content (AvgIpc) is 3.07. The van der Waals surface area contributed by atoms with E-state index in [2.05, 4.69) is 9.97 Å². The zero-order valence-electron chi connectivity index (χ0n) is 9.50. The van der Waals surface area contributed by atoms with Crippen molar-refractivity contribution in [1.29, 1.82) is 0 Å². The second-order valence-corrected chi connectivity index (χ2v) is 4.54. The quantitative estimate of drug-likeness (QED) is 0.835. The first-order chi connectivity index (χ1) is 8.15. The molecule has 0 aliphatic heterocycles. The minimum Gasteiger partial charge on any atom is -0.505 e. The van der Waals surface area contributed by atoms with E-state index in [1.807, 2.05) is 6.92 Å². The molecule has 1 aliphatic carbocycles. The average molecular weight is 232 g/mol. The van der Waals surface area contributed by atoms with Gasteiger partial charge in [0.05, 0.1) is 5.69 Å². The fourth-order valence-corrected chi connectivity index (χ4v) is 1.97. The van der Waals surface area contributed by atoms with E-state index in [0.29, 0.717) is 5.92 Å². The molecule has 0 spiro atoms. The number of halogens is 1. The monoisotopic (exact) mass is 232 g/mol. The molecule has 1 aliphatic rings. The number of aryl methyl sites for hydroxylation is 1. The van der Waals surface area contributed by atoms with Gasteiger partial charge in [-0.2, -0.15) is 0 Å². The maximum absolute atomic E-state index is 13.0. The van der Waals surface area contributed by atoms with Crippen LogP contribution in [0.1, 0.15) is 30.3 Å². The number of imidazole rings is 1. The van der Waals surface area contributed by atoms with E-state index in [1.54, 1.807) is 6.07 Å². The molecule has 0 unspecified atom stereocenters. The zero-order valence-corrected chi connectivity index (χ0v) is 9.50. The Bertz CT molecular complexity index is 573. The van der Waals surface area contributed by atoms with Crippen molar-refractivity contribution in [3.05, 3.63) is 35.5 Å². The van der Waals surface area contributed by atoms with Gasteiger partial charge in [-0.3, -0.25) is 0 Å². The van der Waals surface area contributed by atoms with Crippen molar-refractivity contribution < 1.29 is 9.50 Å². The SMILES string of the molecule is Cc1[nH]c(C2CC2)nc1-c1ccc(F)c(O)c1. The maximum atomic E-state index is 13.0. The number of hydrogen-bond donors (Lipinski definition) is 2. The summed E-state index contributed by atoms with van der Waals surface area (Å²) in [5.74, 6) is 0.611. The van der Waals surface area contributed by atoms with Crippen molar-refractivity contribution in [2.24, 2.45) is 0 Å². The van der Waals surface area contributed by atoms with Crippen LogP contribution in [0.3, 0.4) is 0 Å². The minimum atomic E-state index is -0.607. The number of rotatable bonds is 2. The van der Waals surface area contributed by atoms with Crippen LogP contribution in [0.15, 0.2) is 18.2 Å². The van der Waals surface area contributed by atoms with Crippen LogP contribution in [0.25, 0.3) is 11.3 Å². The maximum Gasteiger partial charge on any atom is 0.164 e. The number of benzene rings is 1. The number of aromatic nitrogens is 2. The Kier molecular flexibility index (Phi) is 2.18. The summed E-state index contributed by atoms with van der Waals surface area (Å²) >= 11 is 0. The Morgan fingerprint density at radius 3 is 2.82 bits per heavy atom. The molecular weight excluding hydrogens is 219 g/mol. The van der Waals surface area contributed by atoms with Gasteiger partial charge in [-0.1, -0.05) is 0 Å². The molecule has 2 N–H and O–H groups in total. The molecule has 0 radical (unpaired) electrons. The van der Waals surface area contributed by atoms with Gasteiger partial charge in [-0.25, -0.2) is 9.37 Å². The first-order valence-corrected chi connectivity index (χ1v) is 5.70. The number of aromatic amines is 1. The molecule has 3 rings (SSSR count). The summed E-state index contributed by atoms with van der Waals surface area (Å²) in [7, 11) is 0. The van der Waals surface area contributed by atoms with Gasteiger partial charge < -0.3 is 10.1 Å². The Labute approximate surface area is 98.3 Å². The van der Waals surface area contributed by atoms with Gasteiger partial charge in [0.25, 0.3) is 0 Å². The third-order valence-electron chi connectivity index (χ3n) is 3.09. The zero-order chi connectivity index (χ0) is 12.0. The molecular formula is C13H13FN2O. The molecule has 17 heavy (non-hydrogen) atoms. The first kappa shape index (κ1) is 10.3. The summed E-state index contributed by atoms with van der Waals surface area (Å²) in [6.07, 6.45) is 2.36. The smallest absolute Gasteiger partial charge is 0.164 e. The number of phenols is 1. The fourth-order valence-electron chi connectivity index (χ4n) is 1.97. The van der Waals surface area contributed by atoms with Crippen LogP contribution in [0, 0.1) is 12.7 Å². The van der Waals surface area contributed by atoms with Crippen LogP contribution in [0.5, 0.6) is 5.75 Å². The van der Waals surface area contributed by atoms with Crippen LogP contribution in [-0.4, -0.2) is 15.1 Å². The summed E-state index contributed by atoms with van der Waals surface area (Å²) in [6.45, 7) is 1.94. The van der Waals surface area contributed by atoms with E-state index in [4.69, 9.17) is 0 Å². The van der Waals surface area contributed by atoms with Gasteiger partial charge in [-0.05, 0) is 38.0 Å². The lowest BCUT2D eigenvalue weighted by atomic mass is 10.1. The normalized spacial score (nSPS) is 15.2. The van der Waals surface area contributed by atoms with Crippen LogP contribution in [0.2, 0.25) is 0 Å². The summed E-state index contributed by atoms with van der Waals surface area (Å²) in [5.41, 5.74) is 2.49. The van der Waals surface area contributed by atoms with Crippen LogP contribution >= 0.6 is 0 Å². The largest absolute Gasteiger partial charge is 0.505 e. The number of nitrogens with one attached hydrogen (secondary N) is 1. The topological polar surface area (TPSA) is 48.9 Å². The standard InChI is InChI=1S/C13H13FN2O/c1-7-12(16-13(15-7)8-2-3-8)9-4-5-10(14)11(17)6-9/h4-6,8,17H,2-3H2,1H3,(H,15,16). The number of phenolic OH excluding ortho intramolecular Hbond substituents is 1. The summed E-state index contributed by atoms with van der Waals surface area (Å²) in [6, 6.07) is 4.31. The highest BCUT2D eigenvalue weighted by atomic mass is 19.1. The highest BCUT2D eigenvalue weighted by molar-refractivity contribution is 5.64. The molecule has 1 aromatic carbocycles. The molecule has 2 aromatic rings. The van der Waals surface area contributed by atoms with Gasteiger partial charge in [0.15, 0.2) is 11.6 Å². The lowest BCUT2D eigenvalue weighted by Gasteiger charge is -2.00. The van der Waals surface area contributed by atoms with Crippen molar-refractivity contribution in [2.45, 2.75) is 25.7 Å². The molecule has 0 amide bonds. The number of aromatic hydroxyl groups is 1. The van der Waals surface area contributed by atoms with E-state index < -0.39 is 5.82 Å². The fraction of sp³-hybridized carbons (Fsp3) is 0.308. The lowest BCUT2D eigenvalue weighted by molar-refractivity contribution is 0.432. The predicted molar refractivity (Wildman–Crippen MR) is 62.4 cm³/mol. The van der Waals surface area contributed by atoms with E-state index in [0.717, 1.165) is 22.8 Å². The molecule has 1 aromatic heterocycles.